The van der Waals surface area contributed by atoms with Crippen molar-refractivity contribution in [2.75, 3.05) is 19.6 Å². The maximum Gasteiger partial charge on any atom is 0.234 e. The first-order valence-electron chi connectivity index (χ1n) is 7.38. The van der Waals surface area contributed by atoms with Crippen LogP contribution in [0.5, 0.6) is 0 Å². The topological polar surface area (TPSA) is 52.6 Å². The molecule has 0 aliphatic carbocycles. The fourth-order valence-corrected chi connectivity index (χ4v) is 2.61. The molecular weight excluding hydrogens is 271 g/mol. The number of hydrogen-bond donors (Lipinski definition) is 2. The van der Waals surface area contributed by atoms with Crippen LogP contribution in [-0.2, 0) is 11.3 Å². The lowest BCUT2D eigenvalue weighted by atomic mass is 10.0. The second-order valence-electron chi connectivity index (χ2n) is 5.88. The molecule has 1 amide bonds. The van der Waals surface area contributed by atoms with Gasteiger partial charge in [-0.15, -0.1) is 0 Å². The van der Waals surface area contributed by atoms with E-state index in [9.17, 15) is 14.3 Å². The first-order chi connectivity index (χ1) is 9.95. The number of amides is 1. The minimum Gasteiger partial charge on any atom is -0.393 e. The Labute approximate surface area is 125 Å². The van der Waals surface area contributed by atoms with Gasteiger partial charge in [-0.05, 0) is 49.9 Å². The van der Waals surface area contributed by atoms with Crippen molar-refractivity contribution in [3.63, 3.8) is 0 Å². The van der Waals surface area contributed by atoms with Crippen LogP contribution >= 0.6 is 0 Å². The maximum absolute atomic E-state index is 13.4. The smallest absolute Gasteiger partial charge is 0.234 e. The van der Waals surface area contributed by atoms with Gasteiger partial charge >= 0.3 is 0 Å². The van der Waals surface area contributed by atoms with Gasteiger partial charge in [-0.25, -0.2) is 4.39 Å². The summed E-state index contributed by atoms with van der Waals surface area (Å²) >= 11 is 0. The third-order valence-corrected chi connectivity index (χ3v) is 4.08. The van der Waals surface area contributed by atoms with E-state index in [-0.39, 0.29) is 23.7 Å². The lowest BCUT2D eigenvalue weighted by molar-refractivity contribution is -0.122. The molecule has 1 aromatic rings. The Kier molecular flexibility index (Phi) is 5.31. The van der Waals surface area contributed by atoms with E-state index < -0.39 is 0 Å². The molecule has 2 unspecified atom stereocenters. The van der Waals surface area contributed by atoms with E-state index in [1.54, 1.807) is 19.9 Å². The van der Waals surface area contributed by atoms with Crippen LogP contribution in [0, 0.1) is 18.7 Å². The molecule has 1 aliphatic rings. The van der Waals surface area contributed by atoms with E-state index in [1.807, 2.05) is 11.0 Å². The first kappa shape index (κ1) is 15.9. The van der Waals surface area contributed by atoms with Crippen LogP contribution in [-0.4, -0.2) is 41.7 Å². The molecule has 0 aromatic heterocycles. The molecule has 0 bridgehead atoms. The predicted molar refractivity (Wildman–Crippen MR) is 79.2 cm³/mol. The van der Waals surface area contributed by atoms with Gasteiger partial charge in [0.05, 0.1) is 12.6 Å². The lowest BCUT2D eigenvalue weighted by Crippen LogP contribution is -2.36. The van der Waals surface area contributed by atoms with Crippen LogP contribution in [0.25, 0.3) is 0 Å². The number of benzene rings is 1. The van der Waals surface area contributed by atoms with Crippen LogP contribution in [0.1, 0.15) is 24.5 Å². The molecule has 1 fully saturated rings. The van der Waals surface area contributed by atoms with Crippen LogP contribution in [0.15, 0.2) is 18.2 Å². The summed E-state index contributed by atoms with van der Waals surface area (Å²) in [6, 6.07) is 4.98. The summed E-state index contributed by atoms with van der Waals surface area (Å²) in [7, 11) is 0. The van der Waals surface area contributed by atoms with Gasteiger partial charge in [0.1, 0.15) is 5.82 Å². The Hall–Kier alpha value is -1.46. The van der Waals surface area contributed by atoms with Gasteiger partial charge < -0.3 is 10.4 Å². The maximum atomic E-state index is 13.4. The zero-order valence-electron chi connectivity index (χ0n) is 12.6. The molecule has 2 atom stereocenters. The van der Waals surface area contributed by atoms with Gasteiger partial charge in [-0.2, -0.15) is 0 Å². The summed E-state index contributed by atoms with van der Waals surface area (Å²) in [5.74, 6) is -0.0627. The van der Waals surface area contributed by atoms with Crippen molar-refractivity contribution >= 4 is 5.91 Å². The second-order valence-corrected chi connectivity index (χ2v) is 5.88. The van der Waals surface area contributed by atoms with E-state index in [4.69, 9.17) is 0 Å². The molecule has 0 spiro atoms. The third-order valence-electron chi connectivity index (χ3n) is 4.08. The fourth-order valence-electron chi connectivity index (χ4n) is 2.61. The highest BCUT2D eigenvalue weighted by atomic mass is 19.1. The number of aryl methyl sites for hydroxylation is 1. The standard InChI is InChI=1S/C16H23FN2O2/c1-11-3-4-13(7-15(11)17)8-18-16(21)10-19-6-5-14(9-19)12(2)20/h3-4,7,12,14,20H,5-6,8-10H2,1-2H3,(H,18,21). The Balaban J connectivity index is 1.76. The van der Waals surface area contributed by atoms with Gasteiger partial charge in [0.15, 0.2) is 0 Å². The molecule has 1 saturated heterocycles. The highest BCUT2D eigenvalue weighted by Crippen LogP contribution is 2.19. The number of hydrogen-bond acceptors (Lipinski definition) is 3. The number of rotatable bonds is 5. The SMILES string of the molecule is Cc1ccc(CNC(=O)CN2CCC(C(C)O)C2)cc1F. The Morgan fingerprint density at radius 2 is 2.33 bits per heavy atom. The van der Waals surface area contributed by atoms with Crippen molar-refractivity contribution in [3.8, 4) is 0 Å². The van der Waals surface area contributed by atoms with Crippen molar-refractivity contribution < 1.29 is 14.3 Å². The number of nitrogens with one attached hydrogen (secondary N) is 1. The van der Waals surface area contributed by atoms with Crippen molar-refractivity contribution in [1.29, 1.82) is 0 Å². The highest BCUT2D eigenvalue weighted by Gasteiger charge is 2.26. The third kappa shape index (κ3) is 4.51. The van der Waals surface area contributed by atoms with E-state index in [0.29, 0.717) is 18.7 Å². The van der Waals surface area contributed by atoms with Gasteiger partial charge in [0, 0.05) is 13.1 Å². The average molecular weight is 294 g/mol. The first-order valence-corrected chi connectivity index (χ1v) is 7.38. The van der Waals surface area contributed by atoms with Gasteiger partial charge in [-0.3, -0.25) is 9.69 Å². The fraction of sp³-hybridized carbons (Fsp3) is 0.562. The zero-order chi connectivity index (χ0) is 15.4. The average Bonchev–Trinajstić information content (AvgIpc) is 2.89. The molecule has 1 aromatic carbocycles. The van der Waals surface area contributed by atoms with Crippen molar-refractivity contribution in [3.05, 3.63) is 35.1 Å². The molecule has 21 heavy (non-hydrogen) atoms. The van der Waals surface area contributed by atoms with E-state index in [2.05, 4.69) is 5.32 Å². The second kappa shape index (κ2) is 7.00. The number of carbonyl (C=O) groups excluding carboxylic acids is 1. The molecular formula is C16H23FN2O2. The van der Waals surface area contributed by atoms with Gasteiger partial charge in [0.25, 0.3) is 0 Å². The Morgan fingerprint density at radius 3 is 2.95 bits per heavy atom. The predicted octanol–water partition coefficient (Wildman–Crippen LogP) is 1.45. The number of aliphatic hydroxyl groups is 1. The summed E-state index contributed by atoms with van der Waals surface area (Å²) in [5.41, 5.74) is 1.36. The molecule has 5 heteroatoms. The minimum atomic E-state index is -0.325. The molecule has 1 aliphatic heterocycles. The van der Waals surface area contributed by atoms with Crippen molar-refractivity contribution in [2.45, 2.75) is 32.9 Å². The van der Waals surface area contributed by atoms with E-state index >= 15 is 0 Å². The molecule has 116 valence electrons. The van der Waals surface area contributed by atoms with Crippen molar-refractivity contribution in [1.82, 2.24) is 10.2 Å². The summed E-state index contributed by atoms with van der Waals surface area (Å²) in [5, 5.41) is 12.3. The number of carbonyl (C=O) groups is 1. The van der Waals surface area contributed by atoms with Crippen LogP contribution in [0.4, 0.5) is 4.39 Å². The monoisotopic (exact) mass is 294 g/mol. The lowest BCUT2D eigenvalue weighted by Gasteiger charge is -2.17. The number of nitrogens with zero attached hydrogens (tertiary/aromatic N) is 1. The molecule has 4 nitrogen and oxygen atoms in total. The van der Waals surface area contributed by atoms with Crippen molar-refractivity contribution in [2.24, 2.45) is 5.92 Å². The van der Waals surface area contributed by atoms with Crippen LogP contribution < -0.4 is 5.32 Å². The largest absolute Gasteiger partial charge is 0.393 e. The highest BCUT2D eigenvalue weighted by molar-refractivity contribution is 5.78. The molecule has 0 saturated carbocycles. The number of halogens is 1. The van der Waals surface area contributed by atoms with Gasteiger partial charge in [-0.1, -0.05) is 12.1 Å². The Morgan fingerprint density at radius 1 is 1.57 bits per heavy atom. The molecule has 0 radical (unpaired) electrons. The summed E-state index contributed by atoms with van der Waals surface area (Å²) in [6.07, 6.45) is 0.599. The van der Waals surface area contributed by atoms with Crippen LogP contribution in [0.3, 0.4) is 0 Å². The van der Waals surface area contributed by atoms with E-state index in [0.717, 1.165) is 25.1 Å². The zero-order valence-corrected chi connectivity index (χ0v) is 12.6. The van der Waals surface area contributed by atoms with Crippen LogP contribution in [0.2, 0.25) is 0 Å². The number of likely N-dealkylation sites (tertiary alicyclic amines) is 1. The van der Waals surface area contributed by atoms with Gasteiger partial charge in [0.2, 0.25) is 5.91 Å². The molecule has 1 heterocycles. The minimum absolute atomic E-state index is 0.0674. The van der Waals surface area contributed by atoms with E-state index in [1.165, 1.54) is 6.07 Å². The summed E-state index contributed by atoms with van der Waals surface area (Å²) in [6.45, 7) is 5.76. The summed E-state index contributed by atoms with van der Waals surface area (Å²) < 4.78 is 13.4. The summed E-state index contributed by atoms with van der Waals surface area (Å²) in [4.78, 5) is 13.9. The molecule has 2 N–H and O–H groups in total. The quantitative estimate of drug-likeness (QED) is 0.864. The number of aliphatic hydroxyl groups excluding tert-OH is 1. The molecule has 2 rings (SSSR count). The Bertz CT molecular complexity index is 505. The normalized spacial score (nSPS) is 20.5.